The molecule has 0 radical (unpaired) electrons. The third kappa shape index (κ3) is 3.02. The van der Waals surface area contributed by atoms with E-state index in [1.807, 2.05) is 31.2 Å². The second-order valence-electron chi connectivity index (χ2n) is 5.60. The van der Waals surface area contributed by atoms with Gasteiger partial charge in [0.25, 0.3) is 5.91 Å². The molecule has 0 fully saturated rings. The lowest BCUT2D eigenvalue weighted by molar-refractivity contribution is 0.102. The molecule has 4 aromatic rings. The van der Waals surface area contributed by atoms with Gasteiger partial charge in [-0.2, -0.15) is 9.78 Å². The molecule has 0 aliphatic heterocycles. The number of anilines is 1. The zero-order valence-electron chi connectivity index (χ0n) is 14.1. The third-order valence-corrected chi connectivity index (χ3v) is 4.77. The van der Waals surface area contributed by atoms with Crippen LogP contribution in [-0.2, 0) is 0 Å². The number of hydrogen-bond acceptors (Lipinski definition) is 6. The number of aryl methyl sites for hydroxylation is 1. The molecule has 1 aromatic carbocycles. The SMILES string of the molecule is COc1ccc2nc(-n3nc(C)cc3NC(=O)c3ccncc3)sc2c1. The smallest absolute Gasteiger partial charge is 0.256 e. The van der Waals surface area contributed by atoms with E-state index in [1.54, 1.807) is 36.3 Å². The highest BCUT2D eigenvalue weighted by molar-refractivity contribution is 7.20. The molecule has 1 amide bonds. The second kappa shape index (κ2) is 6.57. The van der Waals surface area contributed by atoms with Gasteiger partial charge in [-0.15, -0.1) is 0 Å². The Morgan fingerprint density at radius 2 is 2.00 bits per heavy atom. The predicted molar refractivity (Wildman–Crippen MR) is 100 cm³/mol. The summed E-state index contributed by atoms with van der Waals surface area (Å²) in [5, 5.41) is 8.03. The molecule has 130 valence electrons. The highest BCUT2D eigenvalue weighted by Crippen LogP contribution is 2.30. The largest absolute Gasteiger partial charge is 0.497 e. The standard InChI is InChI=1S/C18H15N5O2S/c1-11-9-16(21-17(24)12-5-7-19-8-6-12)23(22-11)18-20-14-4-3-13(25-2)10-15(14)26-18/h3-10H,1-2H3,(H,21,24). The van der Waals surface area contributed by atoms with E-state index in [4.69, 9.17) is 4.74 Å². The van der Waals surface area contributed by atoms with E-state index in [1.165, 1.54) is 11.3 Å². The maximum atomic E-state index is 12.4. The van der Waals surface area contributed by atoms with Crippen molar-refractivity contribution >= 4 is 33.3 Å². The minimum atomic E-state index is -0.226. The van der Waals surface area contributed by atoms with Crippen molar-refractivity contribution in [3.63, 3.8) is 0 Å². The van der Waals surface area contributed by atoms with Gasteiger partial charge in [0.15, 0.2) is 0 Å². The van der Waals surface area contributed by atoms with Crippen LogP contribution in [0.1, 0.15) is 16.1 Å². The summed E-state index contributed by atoms with van der Waals surface area (Å²) in [6.07, 6.45) is 3.16. The van der Waals surface area contributed by atoms with Crippen molar-refractivity contribution in [2.45, 2.75) is 6.92 Å². The zero-order chi connectivity index (χ0) is 18.1. The molecular weight excluding hydrogens is 350 g/mol. The fourth-order valence-electron chi connectivity index (χ4n) is 2.54. The average molecular weight is 365 g/mol. The fraction of sp³-hybridized carbons (Fsp3) is 0.111. The van der Waals surface area contributed by atoms with Crippen molar-refractivity contribution in [2.24, 2.45) is 0 Å². The number of ether oxygens (including phenoxy) is 1. The summed E-state index contributed by atoms with van der Waals surface area (Å²) in [7, 11) is 1.63. The lowest BCUT2D eigenvalue weighted by Gasteiger charge is -2.06. The number of fused-ring (bicyclic) bond motifs is 1. The van der Waals surface area contributed by atoms with Crippen LogP contribution in [-0.4, -0.2) is 32.8 Å². The van der Waals surface area contributed by atoms with Gasteiger partial charge < -0.3 is 10.1 Å². The van der Waals surface area contributed by atoms with Gasteiger partial charge >= 0.3 is 0 Å². The van der Waals surface area contributed by atoms with Gasteiger partial charge in [-0.3, -0.25) is 9.78 Å². The van der Waals surface area contributed by atoms with E-state index in [0.29, 0.717) is 16.5 Å². The molecule has 8 heteroatoms. The first kappa shape index (κ1) is 16.2. The van der Waals surface area contributed by atoms with E-state index in [2.05, 4.69) is 20.4 Å². The highest BCUT2D eigenvalue weighted by Gasteiger charge is 2.15. The molecule has 3 heterocycles. The molecule has 0 atom stereocenters. The molecule has 4 rings (SSSR count). The average Bonchev–Trinajstić information content (AvgIpc) is 3.24. The van der Waals surface area contributed by atoms with Crippen LogP contribution < -0.4 is 10.1 Å². The summed E-state index contributed by atoms with van der Waals surface area (Å²) in [5.74, 6) is 1.11. The normalized spacial score (nSPS) is 10.8. The maximum absolute atomic E-state index is 12.4. The minimum Gasteiger partial charge on any atom is -0.497 e. The summed E-state index contributed by atoms with van der Waals surface area (Å²) in [6.45, 7) is 1.87. The Hall–Kier alpha value is -3.26. The van der Waals surface area contributed by atoms with Crippen molar-refractivity contribution in [3.8, 4) is 10.9 Å². The zero-order valence-corrected chi connectivity index (χ0v) is 14.9. The van der Waals surface area contributed by atoms with Crippen molar-refractivity contribution in [1.82, 2.24) is 19.7 Å². The molecule has 0 aliphatic carbocycles. The van der Waals surface area contributed by atoms with Crippen LogP contribution in [0.3, 0.4) is 0 Å². The summed E-state index contributed by atoms with van der Waals surface area (Å²) < 4.78 is 7.89. The van der Waals surface area contributed by atoms with Crippen molar-refractivity contribution in [1.29, 1.82) is 0 Å². The topological polar surface area (TPSA) is 81.9 Å². The molecule has 26 heavy (non-hydrogen) atoms. The van der Waals surface area contributed by atoms with E-state index in [-0.39, 0.29) is 5.91 Å². The summed E-state index contributed by atoms with van der Waals surface area (Å²) in [4.78, 5) is 21.0. The van der Waals surface area contributed by atoms with E-state index in [0.717, 1.165) is 21.7 Å². The van der Waals surface area contributed by atoms with Crippen LogP contribution in [0.15, 0.2) is 48.8 Å². The number of aromatic nitrogens is 4. The quantitative estimate of drug-likeness (QED) is 0.599. The van der Waals surface area contributed by atoms with Crippen LogP contribution in [0.5, 0.6) is 5.75 Å². The van der Waals surface area contributed by atoms with Gasteiger partial charge in [-0.1, -0.05) is 11.3 Å². The summed E-state index contributed by atoms with van der Waals surface area (Å²) >= 11 is 1.48. The Morgan fingerprint density at radius 1 is 1.19 bits per heavy atom. The first-order valence-electron chi connectivity index (χ1n) is 7.87. The maximum Gasteiger partial charge on any atom is 0.256 e. The molecule has 0 aliphatic rings. The lowest BCUT2D eigenvalue weighted by Crippen LogP contribution is -2.15. The second-order valence-corrected chi connectivity index (χ2v) is 6.61. The molecule has 0 spiro atoms. The van der Waals surface area contributed by atoms with Gasteiger partial charge in [-0.25, -0.2) is 4.98 Å². The number of carbonyl (C=O) groups is 1. The number of nitrogens with one attached hydrogen (secondary N) is 1. The van der Waals surface area contributed by atoms with Gasteiger partial charge in [0.1, 0.15) is 11.6 Å². The number of rotatable bonds is 4. The number of hydrogen-bond donors (Lipinski definition) is 1. The van der Waals surface area contributed by atoms with E-state index < -0.39 is 0 Å². The molecule has 0 saturated heterocycles. The van der Waals surface area contributed by atoms with Gasteiger partial charge in [0.2, 0.25) is 5.13 Å². The van der Waals surface area contributed by atoms with Crippen LogP contribution in [0, 0.1) is 6.92 Å². The van der Waals surface area contributed by atoms with Crippen molar-refractivity contribution < 1.29 is 9.53 Å². The third-order valence-electron chi connectivity index (χ3n) is 3.78. The number of pyridine rings is 1. The first-order valence-corrected chi connectivity index (χ1v) is 8.69. The summed E-state index contributed by atoms with van der Waals surface area (Å²) in [6, 6.07) is 10.8. The fourth-order valence-corrected chi connectivity index (χ4v) is 3.50. The van der Waals surface area contributed by atoms with Gasteiger partial charge in [-0.05, 0) is 37.3 Å². The van der Waals surface area contributed by atoms with Crippen molar-refractivity contribution in [3.05, 3.63) is 60.0 Å². The van der Waals surface area contributed by atoms with Crippen molar-refractivity contribution in [2.75, 3.05) is 12.4 Å². The molecule has 1 N–H and O–H groups in total. The Kier molecular flexibility index (Phi) is 4.10. The summed E-state index contributed by atoms with van der Waals surface area (Å²) in [5.41, 5.74) is 2.16. The monoisotopic (exact) mass is 365 g/mol. The number of thiazole rings is 1. The molecule has 7 nitrogen and oxygen atoms in total. The number of methoxy groups -OCH3 is 1. The number of benzene rings is 1. The van der Waals surface area contributed by atoms with E-state index >= 15 is 0 Å². The Labute approximate surface area is 153 Å². The van der Waals surface area contributed by atoms with Crippen LogP contribution in [0.2, 0.25) is 0 Å². The Balaban J connectivity index is 1.70. The minimum absolute atomic E-state index is 0.226. The predicted octanol–water partition coefficient (Wildman–Crippen LogP) is 3.45. The Bertz CT molecular complexity index is 1090. The number of carbonyl (C=O) groups excluding carboxylic acids is 1. The van der Waals surface area contributed by atoms with Crippen LogP contribution >= 0.6 is 11.3 Å². The highest BCUT2D eigenvalue weighted by atomic mass is 32.1. The molecular formula is C18H15N5O2S. The Morgan fingerprint density at radius 3 is 2.77 bits per heavy atom. The molecule has 0 saturated carbocycles. The molecule has 0 unspecified atom stereocenters. The number of amides is 1. The molecule has 0 bridgehead atoms. The van der Waals surface area contributed by atoms with Crippen LogP contribution in [0.4, 0.5) is 5.82 Å². The number of nitrogens with zero attached hydrogens (tertiary/aromatic N) is 4. The van der Waals surface area contributed by atoms with Crippen LogP contribution in [0.25, 0.3) is 15.3 Å². The van der Waals surface area contributed by atoms with Gasteiger partial charge in [0.05, 0.1) is 23.0 Å². The molecule has 3 aromatic heterocycles. The first-order chi connectivity index (χ1) is 12.6. The lowest BCUT2D eigenvalue weighted by atomic mass is 10.2. The van der Waals surface area contributed by atoms with E-state index in [9.17, 15) is 4.79 Å². The van der Waals surface area contributed by atoms with Gasteiger partial charge in [0, 0.05) is 24.0 Å².